The molecule has 0 amide bonds. The summed E-state index contributed by atoms with van der Waals surface area (Å²) in [4.78, 5) is 0. The van der Waals surface area contributed by atoms with Crippen LogP contribution in [0.2, 0.25) is 0 Å². The Morgan fingerprint density at radius 3 is 2.56 bits per heavy atom. The minimum atomic E-state index is 0.286. The molecule has 1 aromatic carbocycles. The summed E-state index contributed by atoms with van der Waals surface area (Å²) >= 11 is 1.86. The van der Waals surface area contributed by atoms with Gasteiger partial charge in [-0.3, -0.25) is 0 Å². The van der Waals surface area contributed by atoms with Crippen molar-refractivity contribution in [1.82, 2.24) is 5.32 Å². The zero-order chi connectivity index (χ0) is 11.8. The van der Waals surface area contributed by atoms with Crippen molar-refractivity contribution in [3.8, 4) is 0 Å². The molecular weight excluding hydrogens is 218 g/mol. The Kier molecular flexibility index (Phi) is 6.53. The van der Waals surface area contributed by atoms with E-state index in [1.165, 1.54) is 5.56 Å². The van der Waals surface area contributed by atoms with Crippen LogP contribution in [0.15, 0.2) is 30.3 Å². The predicted molar refractivity (Wildman–Crippen MR) is 72.0 cm³/mol. The third kappa shape index (κ3) is 4.56. The highest BCUT2D eigenvalue weighted by atomic mass is 32.2. The molecule has 0 spiro atoms. The largest absolute Gasteiger partial charge is 0.383 e. The van der Waals surface area contributed by atoms with Crippen LogP contribution in [0.25, 0.3) is 0 Å². The maximum Gasteiger partial charge on any atom is 0.0657 e. The first kappa shape index (κ1) is 13.6. The first-order chi connectivity index (χ1) is 7.77. The van der Waals surface area contributed by atoms with E-state index in [0.717, 1.165) is 5.75 Å². The van der Waals surface area contributed by atoms with Crippen molar-refractivity contribution in [2.75, 3.05) is 25.7 Å². The van der Waals surface area contributed by atoms with E-state index >= 15 is 0 Å². The molecule has 0 aliphatic rings. The van der Waals surface area contributed by atoms with Gasteiger partial charge in [-0.1, -0.05) is 30.3 Å². The fraction of sp³-hybridized carbons (Fsp3) is 0.538. The topological polar surface area (TPSA) is 21.3 Å². The number of ether oxygens (including phenoxy) is 1. The third-order valence-corrected chi connectivity index (χ3v) is 3.27. The average molecular weight is 239 g/mol. The molecule has 0 aliphatic carbocycles. The van der Waals surface area contributed by atoms with Crippen LogP contribution in [0.3, 0.4) is 0 Å². The zero-order valence-electron chi connectivity index (χ0n) is 10.3. The molecule has 16 heavy (non-hydrogen) atoms. The van der Waals surface area contributed by atoms with Gasteiger partial charge in [0.2, 0.25) is 0 Å². The molecule has 90 valence electrons. The van der Waals surface area contributed by atoms with Crippen molar-refractivity contribution < 1.29 is 4.74 Å². The molecule has 1 rings (SSSR count). The van der Waals surface area contributed by atoms with E-state index in [-0.39, 0.29) is 6.04 Å². The third-order valence-electron chi connectivity index (χ3n) is 2.44. The van der Waals surface area contributed by atoms with Gasteiger partial charge in [-0.05, 0) is 18.7 Å². The minimum Gasteiger partial charge on any atom is -0.383 e. The summed E-state index contributed by atoms with van der Waals surface area (Å²) in [5, 5.41) is 3.59. The van der Waals surface area contributed by atoms with E-state index < -0.39 is 0 Å². The number of nitrogens with one attached hydrogen (secondary N) is 1. The quantitative estimate of drug-likeness (QED) is 0.790. The Hall–Kier alpha value is -0.510. The van der Waals surface area contributed by atoms with Crippen molar-refractivity contribution >= 4 is 11.8 Å². The van der Waals surface area contributed by atoms with Crippen LogP contribution in [0, 0.1) is 0 Å². The summed E-state index contributed by atoms with van der Waals surface area (Å²) in [5.41, 5.74) is 1.29. The molecule has 2 atom stereocenters. The molecule has 3 heteroatoms. The highest BCUT2D eigenvalue weighted by Crippen LogP contribution is 2.14. The van der Waals surface area contributed by atoms with Gasteiger partial charge in [0.25, 0.3) is 0 Å². The second kappa shape index (κ2) is 7.71. The Bertz CT molecular complexity index is 279. The standard InChI is InChI=1S/C13H21NOS/c1-11(10-16-3)14-13(9-15-2)12-7-5-4-6-8-12/h4-8,11,13-14H,9-10H2,1-3H3. The maximum atomic E-state index is 5.27. The van der Waals surface area contributed by atoms with Gasteiger partial charge in [-0.2, -0.15) is 11.8 Å². The number of hydrogen-bond donors (Lipinski definition) is 1. The smallest absolute Gasteiger partial charge is 0.0657 e. The van der Waals surface area contributed by atoms with E-state index in [2.05, 4.69) is 42.8 Å². The van der Waals surface area contributed by atoms with Crippen molar-refractivity contribution in [3.63, 3.8) is 0 Å². The normalized spacial score (nSPS) is 14.7. The SMILES string of the molecule is COCC(NC(C)CSC)c1ccccc1. The van der Waals surface area contributed by atoms with Crippen LogP contribution in [-0.4, -0.2) is 31.8 Å². The number of benzene rings is 1. The van der Waals surface area contributed by atoms with Gasteiger partial charge in [0.15, 0.2) is 0 Å². The van der Waals surface area contributed by atoms with Crippen LogP contribution in [0.4, 0.5) is 0 Å². The second-order valence-electron chi connectivity index (χ2n) is 3.94. The van der Waals surface area contributed by atoms with Gasteiger partial charge in [-0.25, -0.2) is 0 Å². The van der Waals surface area contributed by atoms with E-state index in [4.69, 9.17) is 4.74 Å². The summed E-state index contributed by atoms with van der Waals surface area (Å²) in [6, 6.07) is 11.2. The summed E-state index contributed by atoms with van der Waals surface area (Å²) in [6.07, 6.45) is 2.13. The minimum absolute atomic E-state index is 0.286. The fourth-order valence-corrected chi connectivity index (χ4v) is 2.33. The van der Waals surface area contributed by atoms with Crippen LogP contribution in [0.1, 0.15) is 18.5 Å². The van der Waals surface area contributed by atoms with Crippen molar-refractivity contribution in [1.29, 1.82) is 0 Å². The van der Waals surface area contributed by atoms with Crippen molar-refractivity contribution in [2.24, 2.45) is 0 Å². The van der Waals surface area contributed by atoms with Crippen LogP contribution in [0.5, 0.6) is 0 Å². The zero-order valence-corrected chi connectivity index (χ0v) is 11.1. The summed E-state index contributed by atoms with van der Waals surface area (Å²) in [6.45, 7) is 2.92. The lowest BCUT2D eigenvalue weighted by molar-refractivity contribution is 0.163. The van der Waals surface area contributed by atoms with E-state index in [0.29, 0.717) is 12.6 Å². The number of thioether (sulfide) groups is 1. The summed E-state index contributed by atoms with van der Waals surface area (Å²) in [5.74, 6) is 1.12. The Balaban J connectivity index is 2.60. The summed E-state index contributed by atoms with van der Waals surface area (Å²) in [7, 11) is 1.75. The molecule has 0 saturated heterocycles. The molecular formula is C13H21NOS. The number of methoxy groups -OCH3 is 1. The molecule has 1 N–H and O–H groups in total. The Morgan fingerprint density at radius 2 is 2.00 bits per heavy atom. The first-order valence-corrected chi connectivity index (χ1v) is 6.96. The Morgan fingerprint density at radius 1 is 1.31 bits per heavy atom. The predicted octanol–water partition coefficient (Wildman–Crippen LogP) is 2.72. The fourth-order valence-electron chi connectivity index (χ4n) is 1.73. The van der Waals surface area contributed by atoms with Gasteiger partial charge >= 0.3 is 0 Å². The molecule has 2 unspecified atom stereocenters. The lowest BCUT2D eigenvalue weighted by atomic mass is 10.1. The average Bonchev–Trinajstić information content (AvgIpc) is 2.30. The molecule has 0 heterocycles. The highest BCUT2D eigenvalue weighted by Gasteiger charge is 2.13. The van der Waals surface area contributed by atoms with Crippen molar-refractivity contribution in [3.05, 3.63) is 35.9 Å². The van der Waals surface area contributed by atoms with Gasteiger partial charge in [0, 0.05) is 18.9 Å². The van der Waals surface area contributed by atoms with E-state index in [1.807, 2.05) is 17.8 Å². The molecule has 1 aromatic rings. The van der Waals surface area contributed by atoms with E-state index in [9.17, 15) is 0 Å². The molecule has 0 saturated carbocycles. The molecule has 0 aliphatic heterocycles. The van der Waals surface area contributed by atoms with Crippen LogP contribution >= 0.6 is 11.8 Å². The van der Waals surface area contributed by atoms with Gasteiger partial charge < -0.3 is 10.1 Å². The number of rotatable bonds is 7. The van der Waals surface area contributed by atoms with E-state index in [1.54, 1.807) is 7.11 Å². The molecule has 0 bridgehead atoms. The lowest BCUT2D eigenvalue weighted by Gasteiger charge is -2.22. The highest BCUT2D eigenvalue weighted by molar-refractivity contribution is 7.98. The van der Waals surface area contributed by atoms with Crippen molar-refractivity contribution in [2.45, 2.75) is 19.0 Å². The monoisotopic (exact) mass is 239 g/mol. The summed E-state index contributed by atoms with van der Waals surface area (Å²) < 4.78 is 5.27. The lowest BCUT2D eigenvalue weighted by Crippen LogP contribution is -2.34. The molecule has 0 fully saturated rings. The first-order valence-electron chi connectivity index (χ1n) is 5.56. The van der Waals surface area contributed by atoms with Gasteiger partial charge in [-0.15, -0.1) is 0 Å². The van der Waals surface area contributed by atoms with Gasteiger partial charge in [0.05, 0.1) is 12.6 Å². The van der Waals surface area contributed by atoms with Crippen LogP contribution < -0.4 is 5.32 Å². The molecule has 2 nitrogen and oxygen atoms in total. The molecule has 0 aromatic heterocycles. The maximum absolute atomic E-state index is 5.27. The molecule has 0 radical (unpaired) electrons. The second-order valence-corrected chi connectivity index (χ2v) is 4.85. The van der Waals surface area contributed by atoms with Crippen LogP contribution in [-0.2, 0) is 4.74 Å². The number of hydrogen-bond acceptors (Lipinski definition) is 3. The van der Waals surface area contributed by atoms with Gasteiger partial charge in [0.1, 0.15) is 0 Å². The Labute approximate surface area is 103 Å².